The maximum atomic E-state index is 13.8. The van der Waals surface area contributed by atoms with Crippen molar-refractivity contribution in [3.8, 4) is 0 Å². The van der Waals surface area contributed by atoms with Crippen molar-refractivity contribution in [3.05, 3.63) is 59.3 Å². The van der Waals surface area contributed by atoms with Crippen molar-refractivity contribution in [2.45, 2.75) is 58.4 Å². The average molecular weight is 493 g/mol. The van der Waals surface area contributed by atoms with Crippen molar-refractivity contribution in [1.29, 1.82) is 0 Å². The highest BCUT2D eigenvalue weighted by atomic mass is 19.4. The fourth-order valence-corrected chi connectivity index (χ4v) is 4.53. The Balaban J connectivity index is 2.11. The molecule has 2 aliphatic rings. The van der Waals surface area contributed by atoms with Crippen molar-refractivity contribution in [2.75, 3.05) is 13.1 Å². The molecule has 10 heteroatoms. The predicted molar refractivity (Wildman–Crippen MR) is 125 cm³/mol. The second kappa shape index (κ2) is 10.1. The van der Waals surface area contributed by atoms with Gasteiger partial charge in [-0.2, -0.15) is 13.2 Å². The molecule has 0 unspecified atom stereocenters. The summed E-state index contributed by atoms with van der Waals surface area (Å²) in [6.07, 6.45) is -2.85. The molecule has 35 heavy (non-hydrogen) atoms. The number of carbonyl (C=O) groups excluding carboxylic acids is 3. The number of hydrogen-bond acceptors (Lipinski definition) is 3. The Morgan fingerprint density at radius 2 is 1.89 bits per heavy atom. The van der Waals surface area contributed by atoms with Crippen LogP contribution in [0, 0.1) is 5.92 Å². The van der Waals surface area contributed by atoms with Crippen LogP contribution in [0.4, 0.5) is 18.0 Å². The van der Waals surface area contributed by atoms with Crippen LogP contribution in [0.15, 0.2) is 48.2 Å². The van der Waals surface area contributed by atoms with Gasteiger partial charge in [0.1, 0.15) is 6.04 Å². The van der Waals surface area contributed by atoms with Crippen LogP contribution in [0.5, 0.6) is 0 Å². The molecule has 0 saturated carbocycles. The van der Waals surface area contributed by atoms with Gasteiger partial charge in [-0.1, -0.05) is 38.1 Å². The third-order valence-electron chi connectivity index (χ3n) is 5.94. The topological polar surface area (TPSA) is 81.8 Å². The van der Waals surface area contributed by atoms with Gasteiger partial charge in [-0.3, -0.25) is 14.5 Å². The van der Waals surface area contributed by atoms with Gasteiger partial charge in [0.15, 0.2) is 0 Å². The number of rotatable bonds is 8. The normalized spacial score (nSPS) is 19.3. The fraction of sp³-hybridized carbons (Fsp3) is 0.480. The van der Waals surface area contributed by atoms with Crippen molar-refractivity contribution in [1.82, 2.24) is 20.4 Å². The summed E-state index contributed by atoms with van der Waals surface area (Å²) >= 11 is 0. The van der Waals surface area contributed by atoms with Crippen molar-refractivity contribution >= 4 is 17.8 Å². The first-order valence-corrected chi connectivity index (χ1v) is 11.6. The molecule has 3 rings (SSSR count). The number of urea groups is 1. The van der Waals surface area contributed by atoms with Crippen LogP contribution in [0.2, 0.25) is 0 Å². The first-order chi connectivity index (χ1) is 16.4. The van der Waals surface area contributed by atoms with E-state index in [1.165, 1.54) is 34.1 Å². The van der Waals surface area contributed by atoms with E-state index < -0.39 is 35.8 Å². The summed E-state index contributed by atoms with van der Waals surface area (Å²) < 4.78 is 41.4. The fourth-order valence-electron chi connectivity index (χ4n) is 4.53. The van der Waals surface area contributed by atoms with Crippen molar-refractivity contribution in [3.63, 3.8) is 0 Å². The zero-order valence-corrected chi connectivity index (χ0v) is 20.3. The van der Waals surface area contributed by atoms with Gasteiger partial charge < -0.3 is 15.5 Å². The first kappa shape index (κ1) is 26.3. The molecule has 0 bridgehead atoms. The van der Waals surface area contributed by atoms with Crippen LogP contribution >= 0.6 is 0 Å². The van der Waals surface area contributed by atoms with Gasteiger partial charge >= 0.3 is 12.2 Å². The molecule has 0 saturated heterocycles. The summed E-state index contributed by atoms with van der Waals surface area (Å²) in [6.45, 7) is 11.1. The van der Waals surface area contributed by atoms with Gasteiger partial charge in [-0.25, -0.2) is 4.79 Å². The number of halogens is 3. The van der Waals surface area contributed by atoms with Crippen molar-refractivity contribution in [2.24, 2.45) is 5.92 Å². The minimum atomic E-state index is -4.68. The molecular formula is C25H31F3N4O3. The lowest BCUT2D eigenvalue weighted by Gasteiger charge is -2.33. The quantitative estimate of drug-likeness (QED) is 0.539. The molecule has 7 nitrogen and oxygen atoms in total. The Morgan fingerprint density at radius 1 is 1.23 bits per heavy atom. The Labute approximate surface area is 203 Å². The standard InChI is InChI=1S/C25H31F3N4O3/c1-6-11-31-19-13-32(18(12-14(2)3)22(33)29-15(4)5)23(34)20(19)21(30-24(31)35)16-9-7-8-10-17(16)25(26,27)28/h6-10,14-15,18,21H,1,11-13H2,2-5H3,(H,29,33)(H,30,35)/t18-,21-/m1/s1. The van der Waals surface area contributed by atoms with E-state index in [2.05, 4.69) is 17.2 Å². The van der Waals surface area contributed by atoms with Gasteiger partial charge in [0.2, 0.25) is 5.91 Å². The van der Waals surface area contributed by atoms with Gasteiger partial charge in [-0.15, -0.1) is 6.58 Å². The summed E-state index contributed by atoms with van der Waals surface area (Å²) in [4.78, 5) is 42.4. The summed E-state index contributed by atoms with van der Waals surface area (Å²) in [5.74, 6) is -0.849. The molecule has 1 aromatic carbocycles. The van der Waals surface area contributed by atoms with Gasteiger partial charge in [-0.05, 0) is 37.8 Å². The molecule has 2 aliphatic heterocycles. The van der Waals surface area contributed by atoms with E-state index >= 15 is 0 Å². The minimum Gasteiger partial charge on any atom is -0.352 e. The van der Waals surface area contributed by atoms with Crippen molar-refractivity contribution < 1.29 is 27.6 Å². The highest BCUT2D eigenvalue weighted by Crippen LogP contribution is 2.42. The van der Waals surface area contributed by atoms with Gasteiger partial charge in [0.25, 0.3) is 5.91 Å². The third kappa shape index (κ3) is 5.36. The average Bonchev–Trinajstić information content (AvgIpc) is 3.09. The van der Waals surface area contributed by atoms with Crippen LogP contribution in [-0.2, 0) is 15.8 Å². The maximum Gasteiger partial charge on any atom is 0.416 e. The van der Waals surface area contributed by atoms with Crippen LogP contribution in [0.25, 0.3) is 0 Å². The lowest BCUT2D eigenvalue weighted by atomic mass is 9.91. The Morgan fingerprint density at radius 3 is 2.46 bits per heavy atom. The molecule has 0 radical (unpaired) electrons. The molecule has 4 amide bonds. The zero-order chi connectivity index (χ0) is 26.1. The number of carbonyl (C=O) groups is 3. The lowest BCUT2D eigenvalue weighted by molar-refractivity contribution is -0.139. The van der Waals surface area contributed by atoms with Crippen LogP contribution < -0.4 is 10.6 Å². The number of hydrogen-bond donors (Lipinski definition) is 2. The Bertz CT molecular complexity index is 1050. The molecule has 2 atom stereocenters. The molecule has 1 aromatic rings. The Hall–Kier alpha value is -3.30. The highest BCUT2D eigenvalue weighted by molar-refractivity contribution is 6.03. The second-order valence-electron chi connectivity index (χ2n) is 9.47. The minimum absolute atomic E-state index is 0.0363. The molecule has 0 fully saturated rings. The van der Waals surface area contributed by atoms with Gasteiger partial charge in [0.05, 0.1) is 29.4 Å². The van der Waals surface area contributed by atoms with E-state index in [4.69, 9.17) is 0 Å². The number of amides is 4. The highest BCUT2D eigenvalue weighted by Gasteiger charge is 2.48. The number of alkyl halides is 3. The first-order valence-electron chi connectivity index (χ1n) is 11.6. The Kier molecular flexibility index (Phi) is 7.62. The van der Waals surface area contributed by atoms with Crippen LogP contribution in [0.1, 0.15) is 51.3 Å². The molecule has 0 spiro atoms. The number of nitrogens with zero attached hydrogens (tertiary/aromatic N) is 2. The zero-order valence-electron chi connectivity index (χ0n) is 20.3. The second-order valence-corrected chi connectivity index (χ2v) is 9.47. The van der Waals surface area contributed by atoms with Crippen LogP contribution in [-0.4, -0.2) is 52.8 Å². The monoisotopic (exact) mass is 492 g/mol. The van der Waals surface area contributed by atoms with E-state index in [-0.39, 0.29) is 47.8 Å². The summed E-state index contributed by atoms with van der Waals surface area (Å²) in [5, 5.41) is 5.41. The summed E-state index contributed by atoms with van der Waals surface area (Å²) in [7, 11) is 0. The maximum absolute atomic E-state index is 13.8. The van der Waals surface area contributed by atoms with E-state index in [1.807, 2.05) is 13.8 Å². The SMILES string of the molecule is C=CCN1C(=O)N[C@H](c2ccccc2C(F)(F)F)C2=C1CN([C@H](CC(C)C)C(=O)NC(C)C)C2=O. The van der Waals surface area contributed by atoms with E-state index in [9.17, 15) is 27.6 Å². The molecular weight excluding hydrogens is 461 g/mol. The predicted octanol–water partition coefficient (Wildman–Crippen LogP) is 3.99. The summed E-state index contributed by atoms with van der Waals surface area (Å²) in [5.41, 5.74) is -0.834. The third-order valence-corrected chi connectivity index (χ3v) is 5.94. The number of nitrogens with one attached hydrogen (secondary N) is 2. The summed E-state index contributed by atoms with van der Waals surface area (Å²) in [6, 6.07) is 1.94. The van der Waals surface area contributed by atoms with E-state index in [1.54, 1.807) is 13.8 Å². The lowest BCUT2D eigenvalue weighted by Crippen LogP contribution is -2.50. The number of benzene rings is 1. The molecule has 0 aliphatic carbocycles. The van der Waals surface area contributed by atoms with E-state index in [0.29, 0.717) is 6.42 Å². The van der Waals surface area contributed by atoms with Gasteiger partial charge in [0, 0.05) is 12.6 Å². The largest absolute Gasteiger partial charge is 0.416 e. The van der Waals surface area contributed by atoms with Crippen LogP contribution in [0.3, 0.4) is 0 Å². The molecule has 2 heterocycles. The van der Waals surface area contributed by atoms with E-state index in [0.717, 1.165) is 6.07 Å². The molecule has 2 N–H and O–H groups in total. The molecule has 0 aromatic heterocycles. The smallest absolute Gasteiger partial charge is 0.352 e. The molecule has 190 valence electrons.